The highest BCUT2D eigenvalue weighted by Crippen LogP contribution is 2.43. The lowest BCUT2D eigenvalue weighted by Crippen LogP contribution is -2.09. The maximum Gasteiger partial charge on any atom is 0.195 e. The Morgan fingerprint density at radius 1 is 0.853 bits per heavy atom. The summed E-state index contributed by atoms with van der Waals surface area (Å²) < 4.78 is 17.0. The molecule has 0 N–H and O–H groups in total. The van der Waals surface area contributed by atoms with E-state index >= 15 is 0 Å². The Labute approximate surface area is 198 Å². The average molecular weight is 452 g/mol. The molecule has 5 heteroatoms. The minimum atomic E-state index is -0.0499. The number of ketones is 1. The van der Waals surface area contributed by atoms with E-state index in [9.17, 15) is 4.79 Å². The summed E-state index contributed by atoms with van der Waals surface area (Å²) in [6, 6.07) is 19.3. The number of fused-ring (bicyclic) bond motifs is 1. The zero-order valence-electron chi connectivity index (χ0n) is 19.2. The van der Waals surface area contributed by atoms with Crippen molar-refractivity contribution < 1.29 is 18.7 Å². The van der Waals surface area contributed by atoms with Crippen molar-refractivity contribution in [3.05, 3.63) is 113 Å². The number of ether oxygens (including phenoxy) is 2. The van der Waals surface area contributed by atoms with Crippen molar-refractivity contribution in [2.75, 3.05) is 13.2 Å². The van der Waals surface area contributed by atoms with Crippen molar-refractivity contribution in [1.82, 2.24) is 4.98 Å². The van der Waals surface area contributed by atoms with Crippen molar-refractivity contribution in [1.29, 1.82) is 0 Å². The number of carbonyl (C=O) groups excluding carboxylic acids is 1. The number of pyridine rings is 1. The van der Waals surface area contributed by atoms with Gasteiger partial charge in [0, 0.05) is 40.2 Å². The number of furan rings is 1. The van der Waals surface area contributed by atoms with Crippen molar-refractivity contribution >= 4 is 16.9 Å². The van der Waals surface area contributed by atoms with Gasteiger partial charge in [-0.3, -0.25) is 9.78 Å². The number of hydrogen-bond acceptors (Lipinski definition) is 5. The second-order valence-electron chi connectivity index (χ2n) is 8.46. The molecule has 1 aliphatic carbocycles. The van der Waals surface area contributed by atoms with Gasteiger partial charge in [0.25, 0.3) is 0 Å². The number of Topliss-reactive ketones (excluding diaryl/α,β-unsaturated/α-hetero) is 1. The SMILES string of the molecule is CC(C)c1ccc(OCCOc2ccc3c(c2)C(=O)C(c2cccnc2)=C3c2ccoc2)cc1. The van der Waals surface area contributed by atoms with Gasteiger partial charge >= 0.3 is 0 Å². The molecule has 0 fully saturated rings. The summed E-state index contributed by atoms with van der Waals surface area (Å²) in [6.45, 7) is 5.11. The van der Waals surface area contributed by atoms with Crippen LogP contribution in [0.5, 0.6) is 11.5 Å². The van der Waals surface area contributed by atoms with E-state index in [0.717, 1.165) is 28.0 Å². The molecule has 1 aliphatic rings. The van der Waals surface area contributed by atoms with Crippen LogP contribution in [-0.2, 0) is 0 Å². The molecular formula is C29H25NO4. The Hall–Kier alpha value is -4.12. The van der Waals surface area contributed by atoms with Crippen LogP contribution in [0.25, 0.3) is 11.1 Å². The fraction of sp³-hybridized carbons (Fsp3) is 0.172. The number of nitrogens with zero attached hydrogens (tertiary/aromatic N) is 1. The van der Waals surface area contributed by atoms with Gasteiger partial charge in [-0.05, 0) is 59.5 Å². The molecule has 0 atom stereocenters. The molecule has 0 unspecified atom stereocenters. The molecule has 0 spiro atoms. The Bertz CT molecular complexity index is 1320. The number of carbonyl (C=O) groups is 1. The number of allylic oxidation sites excluding steroid dienone is 1. The highest BCUT2D eigenvalue weighted by Gasteiger charge is 2.32. The first-order chi connectivity index (χ1) is 16.6. The lowest BCUT2D eigenvalue weighted by atomic mass is 9.97. The third-order valence-corrected chi connectivity index (χ3v) is 5.91. The van der Waals surface area contributed by atoms with E-state index in [1.807, 2.05) is 42.5 Å². The van der Waals surface area contributed by atoms with Crippen LogP contribution in [0.1, 0.15) is 52.4 Å². The van der Waals surface area contributed by atoms with E-state index in [0.29, 0.717) is 36.0 Å². The first kappa shape index (κ1) is 21.7. The monoisotopic (exact) mass is 451 g/mol. The molecule has 0 amide bonds. The molecule has 2 aromatic heterocycles. The number of rotatable bonds is 8. The van der Waals surface area contributed by atoms with Gasteiger partial charge in [-0.2, -0.15) is 0 Å². The van der Waals surface area contributed by atoms with Crippen LogP contribution < -0.4 is 9.47 Å². The molecule has 0 bridgehead atoms. The van der Waals surface area contributed by atoms with Crippen LogP contribution in [0.15, 0.2) is 90.0 Å². The standard InChI is InChI=1S/C29H25NO4/c1-19(2)20-5-7-23(8-6-20)33-14-15-34-24-9-10-25-26(16-24)29(31)28(21-4-3-12-30-17-21)27(25)22-11-13-32-18-22/h3-13,16-19H,14-15H2,1-2H3. The highest BCUT2D eigenvalue weighted by atomic mass is 16.5. The summed E-state index contributed by atoms with van der Waals surface area (Å²) in [5.41, 5.74) is 5.85. The predicted molar refractivity (Wildman–Crippen MR) is 131 cm³/mol. The maximum atomic E-state index is 13.4. The van der Waals surface area contributed by atoms with E-state index in [-0.39, 0.29) is 5.78 Å². The zero-order chi connectivity index (χ0) is 23.5. The molecule has 0 radical (unpaired) electrons. The Morgan fingerprint density at radius 3 is 2.29 bits per heavy atom. The summed E-state index contributed by atoms with van der Waals surface area (Å²) in [6.07, 6.45) is 6.67. The van der Waals surface area contributed by atoms with Gasteiger partial charge in [-0.15, -0.1) is 0 Å². The van der Waals surface area contributed by atoms with Crippen LogP contribution in [0.3, 0.4) is 0 Å². The molecule has 0 saturated heterocycles. The summed E-state index contributed by atoms with van der Waals surface area (Å²) in [5, 5.41) is 0. The number of aromatic nitrogens is 1. The van der Waals surface area contributed by atoms with Gasteiger partial charge in [0.05, 0.1) is 12.5 Å². The molecule has 5 nitrogen and oxygen atoms in total. The fourth-order valence-corrected chi connectivity index (χ4v) is 4.16. The van der Waals surface area contributed by atoms with Gasteiger partial charge in [-0.25, -0.2) is 0 Å². The number of benzene rings is 2. The van der Waals surface area contributed by atoms with Crippen molar-refractivity contribution in [3.8, 4) is 11.5 Å². The van der Waals surface area contributed by atoms with Crippen LogP contribution in [0, 0.1) is 0 Å². The molecule has 5 rings (SSSR count). The maximum absolute atomic E-state index is 13.4. The van der Waals surface area contributed by atoms with Gasteiger partial charge in [-0.1, -0.05) is 32.0 Å². The number of hydrogen-bond donors (Lipinski definition) is 0. The molecule has 4 aromatic rings. The summed E-state index contributed by atoms with van der Waals surface area (Å²) in [5.74, 6) is 1.88. The molecule has 170 valence electrons. The van der Waals surface area contributed by atoms with Crippen LogP contribution in [-0.4, -0.2) is 24.0 Å². The zero-order valence-corrected chi connectivity index (χ0v) is 19.2. The predicted octanol–water partition coefficient (Wildman–Crippen LogP) is 6.41. The van der Waals surface area contributed by atoms with Gasteiger partial charge in [0.1, 0.15) is 24.7 Å². The lowest BCUT2D eigenvalue weighted by molar-refractivity contribution is 0.105. The van der Waals surface area contributed by atoms with E-state index in [2.05, 4.69) is 31.0 Å². The third-order valence-electron chi connectivity index (χ3n) is 5.91. The minimum absolute atomic E-state index is 0.0499. The molecule has 0 saturated carbocycles. The van der Waals surface area contributed by atoms with Crippen LogP contribution in [0.4, 0.5) is 0 Å². The summed E-state index contributed by atoms with van der Waals surface area (Å²) in [7, 11) is 0. The summed E-state index contributed by atoms with van der Waals surface area (Å²) in [4.78, 5) is 17.6. The highest BCUT2D eigenvalue weighted by molar-refractivity contribution is 6.41. The minimum Gasteiger partial charge on any atom is -0.490 e. The van der Waals surface area contributed by atoms with E-state index in [4.69, 9.17) is 13.9 Å². The van der Waals surface area contributed by atoms with E-state index in [1.54, 1.807) is 31.0 Å². The van der Waals surface area contributed by atoms with Gasteiger partial charge in [0.2, 0.25) is 0 Å². The lowest BCUT2D eigenvalue weighted by Gasteiger charge is -2.11. The second kappa shape index (κ2) is 9.40. The largest absolute Gasteiger partial charge is 0.490 e. The van der Waals surface area contributed by atoms with Crippen molar-refractivity contribution in [2.24, 2.45) is 0 Å². The summed E-state index contributed by atoms with van der Waals surface area (Å²) >= 11 is 0. The van der Waals surface area contributed by atoms with Gasteiger partial charge < -0.3 is 13.9 Å². The molecule has 0 aliphatic heterocycles. The third kappa shape index (κ3) is 4.25. The van der Waals surface area contributed by atoms with Crippen molar-refractivity contribution in [2.45, 2.75) is 19.8 Å². The second-order valence-corrected chi connectivity index (χ2v) is 8.46. The molecule has 2 aromatic carbocycles. The van der Waals surface area contributed by atoms with E-state index in [1.165, 1.54) is 5.56 Å². The molecule has 2 heterocycles. The van der Waals surface area contributed by atoms with Gasteiger partial charge in [0.15, 0.2) is 5.78 Å². The Balaban J connectivity index is 1.31. The fourth-order valence-electron chi connectivity index (χ4n) is 4.16. The normalized spacial score (nSPS) is 12.9. The quantitative estimate of drug-likeness (QED) is 0.290. The van der Waals surface area contributed by atoms with Crippen molar-refractivity contribution in [3.63, 3.8) is 0 Å². The average Bonchev–Trinajstić information content (AvgIpc) is 3.49. The first-order valence-electron chi connectivity index (χ1n) is 11.3. The molecule has 34 heavy (non-hydrogen) atoms. The topological polar surface area (TPSA) is 61.6 Å². The Morgan fingerprint density at radius 2 is 1.62 bits per heavy atom. The first-order valence-corrected chi connectivity index (χ1v) is 11.3. The smallest absolute Gasteiger partial charge is 0.195 e. The van der Waals surface area contributed by atoms with E-state index < -0.39 is 0 Å². The molecular weight excluding hydrogens is 426 g/mol. The van der Waals surface area contributed by atoms with Crippen LogP contribution >= 0.6 is 0 Å². The Kier molecular flexibility index (Phi) is 6.00. The van der Waals surface area contributed by atoms with Crippen LogP contribution in [0.2, 0.25) is 0 Å².